The largest absolute Gasteiger partial charge is 0.508 e. The van der Waals surface area contributed by atoms with Gasteiger partial charge in [0.15, 0.2) is 11.2 Å². The van der Waals surface area contributed by atoms with Crippen LogP contribution in [0.1, 0.15) is 67.9 Å². The van der Waals surface area contributed by atoms with Crippen molar-refractivity contribution in [3.05, 3.63) is 190 Å². The van der Waals surface area contributed by atoms with Crippen LogP contribution in [-0.4, -0.2) is 34.0 Å². The summed E-state index contributed by atoms with van der Waals surface area (Å²) in [6, 6.07) is 33.8. The highest BCUT2D eigenvalue weighted by atomic mass is 16.6. The van der Waals surface area contributed by atoms with Crippen LogP contribution in [0.5, 0.6) is 40.2 Å². The molecule has 12 nitrogen and oxygen atoms in total. The molecular formula is C48H33NO11. The van der Waals surface area contributed by atoms with E-state index in [1.165, 1.54) is 24.3 Å². The van der Waals surface area contributed by atoms with Gasteiger partial charge in [0.2, 0.25) is 0 Å². The predicted molar refractivity (Wildman–Crippen MR) is 217 cm³/mol. The van der Waals surface area contributed by atoms with Gasteiger partial charge in [-0.3, -0.25) is 4.79 Å². The number of benzene rings is 6. The van der Waals surface area contributed by atoms with Crippen molar-refractivity contribution in [1.82, 2.24) is 0 Å². The van der Waals surface area contributed by atoms with Crippen molar-refractivity contribution in [1.29, 1.82) is 0 Å². The van der Waals surface area contributed by atoms with E-state index in [-0.39, 0.29) is 28.7 Å². The number of fused-ring (bicyclic) bond motifs is 12. The maximum absolute atomic E-state index is 12.7. The van der Waals surface area contributed by atoms with Crippen LogP contribution in [-0.2, 0) is 30.3 Å². The Morgan fingerprint density at radius 1 is 0.567 bits per heavy atom. The number of rotatable bonds is 4. The Morgan fingerprint density at radius 2 is 1.02 bits per heavy atom. The molecule has 0 aliphatic carbocycles. The van der Waals surface area contributed by atoms with Crippen molar-refractivity contribution < 1.29 is 53.1 Å². The number of phenols is 2. The van der Waals surface area contributed by atoms with Gasteiger partial charge in [-0.25, -0.2) is 14.4 Å². The SMILES string of the molecule is C=C(C)C(=O)Nc1ccc2c(c1)Oc1cc(O)ccc1C21OC(=O)c2ccccc21.C=C(C)C(=O)Oc1ccc2c(c1)Oc1cc(O)ccc1C21OC(=O)c2ccccc21. The number of carbonyl (C=O) groups is 4. The average molecular weight is 800 g/mol. The van der Waals surface area contributed by atoms with Crippen molar-refractivity contribution in [3.63, 3.8) is 0 Å². The Hall–Kier alpha value is -8.12. The molecule has 4 aliphatic heterocycles. The second kappa shape index (κ2) is 13.8. The summed E-state index contributed by atoms with van der Waals surface area (Å²) in [4.78, 5) is 49.4. The van der Waals surface area contributed by atoms with Gasteiger partial charge in [0.05, 0.1) is 11.1 Å². The maximum atomic E-state index is 12.7. The number of anilines is 1. The molecule has 1 amide bonds. The lowest BCUT2D eigenvalue weighted by molar-refractivity contribution is -0.130. The highest BCUT2D eigenvalue weighted by Crippen LogP contribution is 2.58. The second-order valence-electron chi connectivity index (χ2n) is 14.6. The Labute approximate surface area is 342 Å². The number of esters is 3. The molecular weight excluding hydrogens is 767 g/mol. The van der Waals surface area contributed by atoms with Crippen LogP contribution in [0.2, 0.25) is 0 Å². The summed E-state index contributed by atoms with van der Waals surface area (Å²) in [6.07, 6.45) is 0. The molecule has 0 saturated carbocycles. The summed E-state index contributed by atoms with van der Waals surface area (Å²) in [7, 11) is 0. The predicted octanol–water partition coefficient (Wildman–Crippen LogP) is 8.92. The van der Waals surface area contributed by atoms with Gasteiger partial charge in [-0.2, -0.15) is 0 Å². The molecule has 3 N–H and O–H groups in total. The van der Waals surface area contributed by atoms with E-state index >= 15 is 0 Å². The zero-order valence-corrected chi connectivity index (χ0v) is 32.0. The van der Waals surface area contributed by atoms with Crippen molar-refractivity contribution in [3.8, 4) is 40.2 Å². The van der Waals surface area contributed by atoms with E-state index in [0.29, 0.717) is 78.8 Å². The first-order valence-corrected chi connectivity index (χ1v) is 18.6. The summed E-state index contributed by atoms with van der Waals surface area (Å²) in [6.45, 7) is 10.4. The van der Waals surface area contributed by atoms with Gasteiger partial charge in [-0.1, -0.05) is 49.6 Å². The first kappa shape index (κ1) is 37.5. The monoisotopic (exact) mass is 799 g/mol. The van der Waals surface area contributed by atoms with Gasteiger partial charge in [-0.05, 0) is 74.5 Å². The van der Waals surface area contributed by atoms with Crippen molar-refractivity contribution in [2.75, 3.05) is 5.32 Å². The van der Waals surface area contributed by atoms with Crippen molar-refractivity contribution >= 4 is 29.5 Å². The number of hydrogen-bond acceptors (Lipinski definition) is 11. The highest BCUT2D eigenvalue weighted by Gasteiger charge is 2.55. The Bertz CT molecular complexity index is 2720. The summed E-state index contributed by atoms with van der Waals surface area (Å²) < 4.78 is 29.4. The summed E-state index contributed by atoms with van der Waals surface area (Å²) in [5, 5.41) is 22.7. The third-order valence-electron chi connectivity index (χ3n) is 10.6. The van der Waals surface area contributed by atoms with Crippen LogP contribution < -0.4 is 19.5 Å². The molecule has 6 aromatic rings. The van der Waals surface area contributed by atoms with Gasteiger partial charge in [-0.15, -0.1) is 0 Å². The quantitative estimate of drug-likeness (QED) is 0.0885. The van der Waals surface area contributed by atoms with Crippen molar-refractivity contribution in [2.45, 2.75) is 25.0 Å². The van der Waals surface area contributed by atoms with Gasteiger partial charge >= 0.3 is 17.9 Å². The number of nitrogens with one attached hydrogen (secondary N) is 1. The summed E-state index contributed by atoms with van der Waals surface area (Å²) >= 11 is 0. The molecule has 10 rings (SSSR count). The van der Waals surface area contributed by atoms with E-state index in [0.717, 1.165) is 0 Å². The molecule has 12 heteroatoms. The number of ether oxygens (including phenoxy) is 5. The molecule has 6 aromatic carbocycles. The lowest BCUT2D eigenvalue weighted by atomic mass is 9.77. The van der Waals surface area contributed by atoms with E-state index in [1.807, 2.05) is 24.3 Å². The van der Waals surface area contributed by atoms with E-state index in [1.54, 1.807) is 86.6 Å². The number of carbonyl (C=O) groups excluding carboxylic acids is 4. The minimum absolute atomic E-state index is 0.00910. The first-order chi connectivity index (χ1) is 28.8. The number of hydrogen-bond donors (Lipinski definition) is 3. The summed E-state index contributed by atoms with van der Waals surface area (Å²) in [5.74, 6) is 0.0249. The second-order valence-corrected chi connectivity index (χ2v) is 14.6. The Morgan fingerprint density at radius 3 is 1.52 bits per heavy atom. The van der Waals surface area contributed by atoms with E-state index in [9.17, 15) is 29.4 Å². The molecule has 0 saturated heterocycles. The number of phenolic OH excluding ortho intramolecular Hbond substituents is 2. The van der Waals surface area contributed by atoms with Gasteiger partial charge < -0.3 is 39.2 Å². The summed E-state index contributed by atoms with van der Waals surface area (Å²) in [5.41, 5.74) is 3.46. The topological polar surface area (TPSA) is 167 Å². The van der Waals surface area contributed by atoms with Crippen LogP contribution in [0.15, 0.2) is 146 Å². The average Bonchev–Trinajstić information content (AvgIpc) is 3.68. The third-order valence-corrected chi connectivity index (χ3v) is 10.6. The number of aromatic hydroxyl groups is 2. The Balaban J connectivity index is 0.000000154. The third kappa shape index (κ3) is 5.76. The van der Waals surface area contributed by atoms with E-state index in [2.05, 4.69) is 18.5 Å². The molecule has 2 spiro atoms. The number of amides is 1. The highest BCUT2D eigenvalue weighted by molar-refractivity contribution is 6.03. The molecule has 0 radical (unpaired) electrons. The van der Waals surface area contributed by atoms with Crippen LogP contribution in [0.4, 0.5) is 5.69 Å². The molecule has 60 heavy (non-hydrogen) atoms. The molecule has 0 aromatic heterocycles. The zero-order valence-electron chi connectivity index (χ0n) is 32.0. The fourth-order valence-corrected chi connectivity index (χ4v) is 7.88. The minimum Gasteiger partial charge on any atom is -0.508 e. The zero-order chi connectivity index (χ0) is 42.1. The first-order valence-electron chi connectivity index (χ1n) is 18.6. The van der Waals surface area contributed by atoms with Gasteiger partial charge in [0.1, 0.15) is 40.2 Å². The smallest absolute Gasteiger partial charge is 0.340 e. The van der Waals surface area contributed by atoms with Crippen LogP contribution in [0.3, 0.4) is 0 Å². The molecule has 296 valence electrons. The van der Waals surface area contributed by atoms with Crippen LogP contribution in [0, 0.1) is 0 Å². The molecule has 4 aliphatic rings. The Kier molecular flexibility index (Phi) is 8.60. The fraction of sp³-hybridized carbons (Fsp3) is 0.0833. The minimum atomic E-state index is -1.23. The van der Waals surface area contributed by atoms with Gasteiger partial charge in [0, 0.05) is 74.5 Å². The normalized spacial score (nSPS) is 18.0. The van der Waals surface area contributed by atoms with Crippen LogP contribution >= 0.6 is 0 Å². The molecule has 4 heterocycles. The van der Waals surface area contributed by atoms with E-state index in [4.69, 9.17) is 23.7 Å². The fourth-order valence-electron chi connectivity index (χ4n) is 7.88. The lowest BCUT2D eigenvalue weighted by Crippen LogP contribution is -2.33. The molecule has 0 bridgehead atoms. The standard InChI is InChI=1S/C24H17NO5.C24H16O6/c1-13(2)22(27)25-14-7-9-18-20(11-14)29-21-12-15(26)8-10-19(21)24(18)17-6-4-3-5-16(17)23(28)30-24;1-13(2)22(26)28-15-8-10-19-21(12-15)29-20-11-14(25)7-9-18(20)24(19)17-6-4-3-5-16(17)23(27)30-24/h3-12,26H,1H2,2H3,(H,25,27);3-12,25H,1H2,2H3. The lowest BCUT2D eigenvalue weighted by Gasteiger charge is -2.36. The van der Waals surface area contributed by atoms with Crippen molar-refractivity contribution in [2.24, 2.45) is 0 Å². The molecule has 2 unspecified atom stereocenters. The van der Waals surface area contributed by atoms with Gasteiger partial charge in [0.25, 0.3) is 5.91 Å². The maximum Gasteiger partial charge on any atom is 0.340 e. The molecule has 0 fully saturated rings. The van der Waals surface area contributed by atoms with E-state index < -0.39 is 29.1 Å². The molecule has 2 atom stereocenters. The van der Waals surface area contributed by atoms with Crippen LogP contribution in [0.25, 0.3) is 0 Å².